The molecule has 3 N–H and O–H groups in total. The third-order valence-corrected chi connectivity index (χ3v) is 7.32. The number of hydrogen-bond acceptors (Lipinski definition) is 3. The van der Waals surface area contributed by atoms with Crippen molar-refractivity contribution >= 4 is 17.4 Å². The number of benzene rings is 4. The topological polar surface area (TPSA) is 73.7 Å². The second-order valence-corrected chi connectivity index (χ2v) is 10.3. The first kappa shape index (κ1) is 29.9. The van der Waals surface area contributed by atoms with E-state index in [1.54, 1.807) is 12.1 Å². The molecule has 5 nitrogen and oxygen atoms in total. The van der Waals surface area contributed by atoms with Crippen molar-refractivity contribution < 1.29 is 31.9 Å². The highest BCUT2D eigenvalue weighted by atomic mass is 19.4. The third kappa shape index (κ3) is 6.91. The minimum atomic E-state index is -4.75. The predicted molar refractivity (Wildman–Crippen MR) is 155 cm³/mol. The Balaban J connectivity index is 1.27. The zero-order valence-electron chi connectivity index (χ0n) is 23.1. The molecule has 10 heteroatoms. The van der Waals surface area contributed by atoms with E-state index in [-0.39, 0.29) is 16.9 Å². The Morgan fingerprint density at radius 3 is 2.40 bits per heavy atom. The number of nitrogens with one attached hydrogen (secondary N) is 2. The van der Waals surface area contributed by atoms with Gasteiger partial charge in [0, 0.05) is 29.8 Å². The van der Waals surface area contributed by atoms with E-state index in [2.05, 4.69) is 15.6 Å². The molecule has 0 saturated heterocycles. The molecule has 4 aromatic carbocycles. The lowest BCUT2D eigenvalue weighted by Crippen LogP contribution is -2.33. The Bertz CT molecular complexity index is 1650. The largest absolute Gasteiger partial charge is 0.417 e. The lowest BCUT2D eigenvalue weighted by atomic mass is 9.97. The third-order valence-electron chi connectivity index (χ3n) is 7.32. The maximum Gasteiger partial charge on any atom is 0.417 e. The number of carbonyl (C=O) groups excluding carboxylic acids is 1. The minimum Gasteiger partial charge on any atom is -0.390 e. The van der Waals surface area contributed by atoms with E-state index >= 15 is 0 Å². The van der Waals surface area contributed by atoms with Crippen LogP contribution in [0.2, 0.25) is 0 Å². The van der Waals surface area contributed by atoms with Gasteiger partial charge in [-0.1, -0.05) is 36.4 Å². The van der Waals surface area contributed by atoms with E-state index in [0.717, 1.165) is 34.9 Å². The van der Waals surface area contributed by atoms with Crippen molar-refractivity contribution in [3.05, 3.63) is 124 Å². The van der Waals surface area contributed by atoms with E-state index in [4.69, 9.17) is 0 Å². The standard InChI is InChI=1S/C33H28F5N3O2/c1-19(39-16-15-20-5-12-24(34)13-6-20)40-25-14-11-23-17-29(42)31(26(23)18-25)41-32(43)22-9-7-21(8-10-22)30-27(33(36,37)38)3-2-4-28(30)35/h2-14,18,29,31,42H,15-17H2,1H3,(H,39,40)(H,41,43)/t29-,31-/m1/s1. The minimum absolute atomic E-state index is 0.0152. The van der Waals surface area contributed by atoms with Gasteiger partial charge in [-0.3, -0.25) is 9.79 Å². The summed E-state index contributed by atoms with van der Waals surface area (Å²) in [7, 11) is 0. The number of amidine groups is 1. The molecular formula is C33H28F5N3O2. The van der Waals surface area contributed by atoms with Crippen molar-refractivity contribution in [2.24, 2.45) is 4.99 Å². The summed E-state index contributed by atoms with van der Waals surface area (Å²) in [6, 6.07) is 19.0. The summed E-state index contributed by atoms with van der Waals surface area (Å²) >= 11 is 0. The molecule has 1 aliphatic rings. The summed E-state index contributed by atoms with van der Waals surface area (Å²) in [5, 5.41) is 16.8. The first-order chi connectivity index (χ1) is 20.5. The number of amides is 1. The summed E-state index contributed by atoms with van der Waals surface area (Å²) in [5.74, 6) is -1.19. The molecule has 0 spiro atoms. The number of hydrogen-bond donors (Lipinski definition) is 3. The number of aliphatic hydroxyl groups excluding tert-OH is 1. The van der Waals surface area contributed by atoms with Crippen LogP contribution < -0.4 is 10.6 Å². The summed E-state index contributed by atoms with van der Waals surface area (Å²) in [6.45, 7) is 2.31. The van der Waals surface area contributed by atoms with Crippen LogP contribution in [0, 0.1) is 11.6 Å². The predicted octanol–water partition coefficient (Wildman–Crippen LogP) is 7.11. The number of anilines is 1. The van der Waals surface area contributed by atoms with Crippen LogP contribution in [-0.4, -0.2) is 29.5 Å². The highest BCUT2D eigenvalue weighted by Crippen LogP contribution is 2.39. The Morgan fingerprint density at radius 2 is 1.70 bits per heavy atom. The van der Waals surface area contributed by atoms with Gasteiger partial charge in [0.2, 0.25) is 0 Å². The van der Waals surface area contributed by atoms with Crippen LogP contribution in [0.4, 0.5) is 27.6 Å². The first-order valence-electron chi connectivity index (χ1n) is 13.6. The molecule has 0 radical (unpaired) electrons. The van der Waals surface area contributed by atoms with Gasteiger partial charge in [-0.15, -0.1) is 0 Å². The van der Waals surface area contributed by atoms with Gasteiger partial charge in [0.25, 0.3) is 5.91 Å². The fraction of sp³-hybridized carbons (Fsp3) is 0.212. The molecule has 222 valence electrons. The zero-order chi connectivity index (χ0) is 30.7. The van der Waals surface area contributed by atoms with Crippen LogP contribution in [0.25, 0.3) is 11.1 Å². The van der Waals surface area contributed by atoms with Crippen molar-refractivity contribution in [3.63, 3.8) is 0 Å². The molecule has 0 fully saturated rings. The highest BCUT2D eigenvalue weighted by Gasteiger charge is 2.35. The molecular weight excluding hydrogens is 565 g/mol. The number of nitrogens with zero attached hydrogens (tertiary/aromatic N) is 1. The molecule has 1 aliphatic carbocycles. The maximum absolute atomic E-state index is 14.4. The number of alkyl halides is 3. The van der Waals surface area contributed by atoms with Crippen LogP contribution in [0.15, 0.2) is 89.9 Å². The van der Waals surface area contributed by atoms with Gasteiger partial charge in [0.1, 0.15) is 11.6 Å². The van der Waals surface area contributed by atoms with Crippen molar-refractivity contribution in [1.82, 2.24) is 5.32 Å². The first-order valence-corrected chi connectivity index (χ1v) is 13.6. The molecule has 1 amide bonds. The lowest BCUT2D eigenvalue weighted by molar-refractivity contribution is -0.137. The molecule has 4 aromatic rings. The molecule has 0 heterocycles. The molecule has 0 aliphatic heterocycles. The summed E-state index contributed by atoms with van der Waals surface area (Å²) in [4.78, 5) is 17.6. The van der Waals surface area contributed by atoms with Crippen LogP contribution in [0.3, 0.4) is 0 Å². The molecule has 2 atom stereocenters. The summed E-state index contributed by atoms with van der Waals surface area (Å²) < 4.78 is 67.9. The normalized spacial score (nSPS) is 16.6. The quantitative estimate of drug-likeness (QED) is 0.122. The molecule has 0 unspecified atom stereocenters. The Kier molecular flexibility index (Phi) is 8.59. The van der Waals surface area contributed by atoms with Crippen LogP contribution in [-0.2, 0) is 19.0 Å². The fourth-order valence-corrected chi connectivity index (χ4v) is 5.19. The Morgan fingerprint density at radius 1 is 0.977 bits per heavy atom. The molecule has 43 heavy (non-hydrogen) atoms. The summed E-state index contributed by atoms with van der Waals surface area (Å²) in [5.41, 5.74) is 1.71. The number of aliphatic imine (C=N–C) groups is 1. The monoisotopic (exact) mass is 593 g/mol. The second kappa shape index (κ2) is 12.3. The van der Waals surface area contributed by atoms with E-state index < -0.39 is 41.2 Å². The van der Waals surface area contributed by atoms with Crippen molar-refractivity contribution in [3.8, 4) is 11.1 Å². The average molecular weight is 594 g/mol. The molecule has 0 bridgehead atoms. The van der Waals surface area contributed by atoms with Gasteiger partial charge in [-0.2, -0.15) is 13.2 Å². The van der Waals surface area contributed by atoms with Gasteiger partial charge in [-0.05, 0) is 84.1 Å². The zero-order valence-corrected chi connectivity index (χ0v) is 23.1. The smallest absolute Gasteiger partial charge is 0.390 e. The van der Waals surface area contributed by atoms with E-state index in [1.807, 2.05) is 25.1 Å². The lowest BCUT2D eigenvalue weighted by Gasteiger charge is -2.19. The van der Waals surface area contributed by atoms with Crippen molar-refractivity contribution in [1.29, 1.82) is 0 Å². The summed E-state index contributed by atoms with van der Waals surface area (Å²) in [6.07, 6.45) is -4.65. The number of fused-ring (bicyclic) bond motifs is 1. The van der Waals surface area contributed by atoms with E-state index in [1.165, 1.54) is 36.4 Å². The molecule has 0 aromatic heterocycles. The number of halogens is 5. The van der Waals surface area contributed by atoms with Gasteiger partial charge in [0.15, 0.2) is 0 Å². The van der Waals surface area contributed by atoms with Gasteiger partial charge >= 0.3 is 6.18 Å². The Hall–Kier alpha value is -4.57. The maximum atomic E-state index is 14.4. The van der Waals surface area contributed by atoms with Crippen molar-refractivity contribution in [2.45, 2.75) is 38.1 Å². The van der Waals surface area contributed by atoms with Gasteiger partial charge in [-0.25, -0.2) is 8.78 Å². The fourth-order valence-electron chi connectivity index (χ4n) is 5.19. The van der Waals surface area contributed by atoms with Crippen LogP contribution in [0.1, 0.15) is 45.6 Å². The Labute approximate surface area is 245 Å². The van der Waals surface area contributed by atoms with Crippen LogP contribution >= 0.6 is 0 Å². The number of aliphatic hydroxyl groups is 1. The van der Waals surface area contributed by atoms with Crippen LogP contribution in [0.5, 0.6) is 0 Å². The number of rotatable bonds is 7. The molecule has 0 saturated carbocycles. The highest BCUT2D eigenvalue weighted by molar-refractivity contribution is 5.95. The second-order valence-electron chi connectivity index (χ2n) is 10.3. The van der Waals surface area contributed by atoms with Crippen molar-refractivity contribution in [2.75, 3.05) is 11.9 Å². The van der Waals surface area contributed by atoms with Gasteiger partial charge < -0.3 is 15.7 Å². The number of carbonyl (C=O) groups is 1. The van der Waals surface area contributed by atoms with E-state index in [0.29, 0.717) is 30.9 Å². The van der Waals surface area contributed by atoms with Gasteiger partial charge in [0.05, 0.1) is 23.5 Å². The average Bonchev–Trinajstić information content (AvgIpc) is 3.27. The SMILES string of the molecule is CC(=NCCc1ccc(F)cc1)Nc1ccc2c(c1)[C@@H](NC(=O)c1ccc(-c3c(F)cccc3C(F)(F)F)cc1)[C@H](O)C2. The van der Waals surface area contributed by atoms with E-state index in [9.17, 15) is 31.9 Å². The molecule has 5 rings (SSSR count).